The Kier molecular flexibility index (Phi) is 4.44. The van der Waals surface area contributed by atoms with Crippen LogP contribution < -0.4 is 0 Å². The van der Waals surface area contributed by atoms with Gasteiger partial charge in [-0.05, 0) is 30.3 Å². The lowest BCUT2D eigenvalue weighted by molar-refractivity contribution is 0.0869. The van der Waals surface area contributed by atoms with Crippen molar-refractivity contribution in [2.24, 2.45) is 0 Å². The summed E-state index contributed by atoms with van der Waals surface area (Å²) in [6, 6.07) is 7.21. The average molecular weight is 337 g/mol. The molecule has 1 aromatic heterocycles. The molecule has 1 saturated heterocycles. The Morgan fingerprint density at radius 1 is 1.30 bits per heavy atom. The highest BCUT2D eigenvalue weighted by Crippen LogP contribution is 2.19. The van der Waals surface area contributed by atoms with Crippen LogP contribution in [0.3, 0.4) is 0 Å². The molecule has 1 atom stereocenters. The molecule has 1 N–H and O–H groups in total. The van der Waals surface area contributed by atoms with Gasteiger partial charge in [-0.25, -0.2) is 4.79 Å². The van der Waals surface area contributed by atoms with Crippen molar-refractivity contribution in [3.05, 3.63) is 35.1 Å². The molecule has 0 radical (unpaired) electrons. The molecule has 0 unspecified atom stereocenters. The Labute approximate surface area is 138 Å². The van der Waals surface area contributed by atoms with E-state index in [1.54, 1.807) is 12.1 Å². The van der Waals surface area contributed by atoms with Gasteiger partial charge < -0.3 is 10.0 Å². The summed E-state index contributed by atoms with van der Waals surface area (Å²) in [5.41, 5.74) is 0.749. The van der Waals surface area contributed by atoms with E-state index >= 15 is 0 Å². The summed E-state index contributed by atoms with van der Waals surface area (Å²) < 4.78 is 0. The van der Waals surface area contributed by atoms with Gasteiger partial charge in [0, 0.05) is 31.2 Å². The highest BCUT2D eigenvalue weighted by Gasteiger charge is 2.26. The number of halogens is 1. The minimum atomic E-state index is -0.873. The monoisotopic (exact) mass is 336 g/mol. The zero-order valence-electron chi connectivity index (χ0n) is 12.6. The molecule has 2 heterocycles. The lowest BCUT2D eigenvalue weighted by Crippen LogP contribution is -2.49. The number of aromatic nitrogens is 4. The van der Waals surface area contributed by atoms with Crippen molar-refractivity contribution in [3.63, 3.8) is 0 Å². The first-order valence-electron chi connectivity index (χ1n) is 7.32. The van der Waals surface area contributed by atoms with E-state index in [1.807, 2.05) is 19.1 Å². The molecule has 122 valence electrons. The fraction of sp³-hybridized carbons (Fsp3) is 0.429. The number of tetrazole rings is 1. The van der Waals surface area contributed by atoms with Crippen LogP contribution in [-0.4, -0.2) is 67.4 Å². The summed E-state index contributed by atoms with van der Waals surface area (Å²) in [6.07, 6.45) is -0.873. The number of benzene rings is 1. The van der Waals surface area contributed by atoms with Gasteiger partial charge in [-0.15, -0.1) is 15.0 Å². The number of carbonyl (C=O) groups is 1. The van der Waals surface area contributed by atoms with Gasteiger partial charge in [-0.3, -0.25) is 4.90 Å². The first kappa shape index (κ1) is 15.7. The number of rotatable bonds is 3. The fourth-order valence-corrected chi connectivity index (χ4v) is 2.75. The first-order valence-corrected chi connectivity index (χ1v) is 7.70. The quantitative estimate of drug-likeness (QED) is 0.917. The Balaban J connectivity index is 1.69. The molecule has 1 amide bonds. The second-order valence-electron chi connectivity index (χ2n) is 5.40. The van der Waals surface area contributed by atoms with Crippen molar-refractivity contribution in [2.75, 3.05) is 26.2 Å². The normalized spacial score (nSPS) is 17.2. The lowest BCUT2D eigenvalue weighted by Gasteiger charge is -2.35. The van der Waals surface area contributed by atoms with Crippen molar-refractivity contribution in [2.45, 2.75) is 13.0 Å². The highest BCUT2D eigenvalue weighted by molar-refractivity contribution is 6.30. The predicted octanol–water partition coefficient (Wildman–Crippen LogP) is 1.67. The average Bonchev–Trinajstić information content (AvgIpc) is 3.04. The van der Waals surface area contributed by atoms with Crippen molar-refractivity contribution in [3.8, 4) is 5.69 Å². The van der Waals surface area contributed by atoms with Crippen molar-refractivity contribution < 1.29 is 9.90 Å². The number of hydrogen-bond donors (Lipinski definition) is 1. The minimum absolute atomic E-state index is 0.0288. The van der Waals surface area contributed by atoms with E-state index in [9.17, 15) is 4.79 Å². The molecule has 1 fully saturated rings. The van der Waals surface area contributed by atoms with Gasteiger partial charge in [0.05, 0.1) is 11.7 Å². The summed E-state index contributed by atoms with van der Waals surface area (Å²) in [5, 5.41) is 22.2. The van der Waals surface area contributed by atoms with E-state index in [0.717, 1.165) is 5.69 Å². The Morgan fingerprint density at radius 2 is 2.04 bits per heavy atom. The van der Waals surface area contributed by atoms with Gasteiger partial charge in [0.2, 0.25) is 0 Å². The van der Waals surface area contributed by atoms with Crippen molar-refractivity contribution >= 4 is 17.7 Å². The highest BCUT2D eigenvalue weighted by atomic mass is 35.5. The van der Waals surface area contributed by atoms with Crippen molar-refractivity contribution in [1.29, 1.82) is 0 Å². The smallest absolute Gasteiger partial charge is 0.407 e. The molecule has 0 spiro atoms. The van der Waals surface area contributed by atoms with Crippen LogP contribution in [0.5, 0.6) is 0 Å². The SMILES string of the molecule is C[C@H](c1nnn(-c2cccc(Cl)c2)n1)N1CCN(C(=O)O)CC1. The van der Waals surface area contributed by atoms with E-state index in [1.165, 1.54) is 9.70 Å². The van der Waals surface area contributed by atoms with Gasteiger partial charge in [0.15, 0.2) is 5.82 Å². The number of nitrogens with zero attached hydrogens (tertiary/aromatic N) is 6. The van der Waals surface area contributed by atoms with Gasteiger partial charge in [-0.1, -0.05) is 17.7 Å². The first-order chi connectivity index (χ1) is 11.0. The van der Waals surface area contributed by atoms with Gasteiger partial charge in [0.25, 0.3) is 0 Å². The third kappa shape index (κ3) is 3.43. The molecule has 1 aromatic carbocycles. The molecule has 0 saturated carbocycles. The van der Waals surface area contributed by atoms with Gasteiger partial charge in [-0.2, -0.15) is 0 Å². The van der Waals surface area contributed by atoms with E-state index in [-0.39, 0.29) is 6.04 Å². The molecule has 3 rings (SSSR count). The zero-order chi connectivity index (χ0) is 16.4. The molecule has 0 aliphatic carbocycles. The van der Waals surface area contributed by atoms with Crippen LogP contribution >= 0.6 is 11.6 Å². The number of piperazine rings is 1. The second kappa shape index (κ2) is 6.51. The molecule has 2 aromatic rings. The predicted molar refractivity (Wildman–Crippen MR) is 83.7 cm³/mol. The molecule has 23 heavy (non-hydrogen) atoms. The summed E-state index contributed by atoms with van der Waals surface area (Å²) in [5.74, 6) is 0.605. The molecule has 8 nitrogen and oxygen atoms in total. The topological polar surface area (TPSA) is 87.4 Å². The Hall–Kier alpha value is -2.19. The van der Waals surface area contributed by atoms with E-state index < -0.39 is 6.09 Å². The van der Waals surface area contributed by atoms with Gasteiger partial charge >= 0.3 is 6.09 Å². The third-order valence-electron chi connectivity index (χ3n) is 3.97. The molecule has 9 heteroatoms. The molecular formula is C14H17ClN6O2. The number of amides is 1. The second-order valence-corrected chi connectivity index (χ2v) is 5.83. The van der Waals surface area contributed by atoms with Crippen LogP contribution in [0.25, 0.3) is 5.69 Å². The largest absolute Gasteiger partial charge is 0.465 e. The fourth-order valence-electron chi connectivity index (χ4n) is 2.57. The molecular weight excluding hydrogens is 320 g/mol. The maximum atomic E-state index is 10.9. The van der Waals surface area contributed by atoms with Crippen LogP contribution in [-0.2, 0) is 0 Å². The van der Waals surface area contributed by atoms with Crippen LogP contribution in [0, 0.1) is 0 Å². The molecule has 0 bridgehead atoms. The maximum absolute atomic E-state index is 10.9. The van der Waals surface area contributed by atoms with E-state index in [0.29, 0.717) is 37.0 Å². The zero-order valence-corrected chi connectivity index (χ0v) is 13.4. The van der Waals surface area contributed by atoms with E-state index in [2.05, 4.69) is 20.3 Å². The standard InChI is InChI=1S/C14H17ClN6O2/c1-10(19-5-7-20(8-6-19)14(22)23)13-16-18-21(17-13)12-4-2-3-11(15)9-12/h2-4,9-10H,5-8H2,1H3,(H,22,23)/t10-/m1/s1. The lowest BCUT2D eigenvalue weighted by atomic mass is 10.2. The minimum Gasteiger partial charge on any atom is -0.465 e. The molecule has 1 aliphatic heterocycles. The number of hydrogen-bond acceptors (Lipinski definition) is 5. The van der Waals surface area contributed by atoms with Crippen LogP contribution in [0.1, 0.15) is 18.8 Å². The summed E-state index contributed by atoms with van der Waals surface area (Å²) in [4.78, 5) is 16.0. The van der Waals surface area contributed by atoms with Crippen LogP contribution in [0.15, 0.2) is 24.3 Å². The Morgan fingerprint density at radius 3 is 2.70 bits per heavy atom. The van der Waals surface area contributed by atoms with Gasteiger partial charge in [0.1, 0.15) is 0 Å². The summed E-state index contributed by atoms with van der Waals surface area (Å²) in [6.45, 7) is 4.28. The Bertz CT molecular complexity index is 698. The summed E-state index contributed by atoms with van der Waals surface area (Å²) >= 11 is 5.97. The van der Waals surface area contributed by atoms with E-state index in [4.69, 9.17) is 16.7 Å². The summed E-state index contributed by atoms with van der Waals surface area (Å²) in [7, 11) is 0. The van der Waals surface area contributed by atoms with Crippen molar-refractivity contribution in [1.82, 2.24) is 30.0 Å². The molecule has 1 aliphatic rings. The maximum Gasteiger partial charge on any atom is 0.407 e. The third-order valence-corrected chi connectivity index (χ3v) is 4.21. The number of carboxylic acid groups (broad SMARTS) is 1. The van der Waals surface area contributed by atoms with Crippen LogP contribution in [0.2, 0.25) is 5.02 Å². The van der Waals surface area contributed by atoms with Crippen LogP contribution in [0.4, 0.5) is 4.79 Å².